The molecule has 5 rings (SSSR count). The lowest BCUT2D eigenvalue weighted by molar-refractivity contribution is 0.0690. The van der Waals surface area contributed by atoms with E-state index in [0.717, 1.165) is 56.3 Å². The van der Waals surface area contributed by atoms with Crippen molar-refractivity contribution in [1.29, 1.82) is 0 Å². The minimum atomic E-state index is -0.541. The van der Waals surface area contributed by atoms with Crippen LogP contribution in [0.1, 0.15) is 59.3 Å². The van der Waals surface area contributed by atoms with Crippen LogP contribution in [0.3, 0.4) is 0 Å². The Kier molecular flexibility index (Phi) is 6.51. The number of rotatable bonds is 6. The van der Waals surface area contributed by atoms with Crippen LogP contribution < -0.4 is 5.32 Å². The summed E-state index contributed by atoms with van der Waals surface area (Å²) < 4.78 is 2.01. The van der Waals surface area contributed by atoms with Crippen molar-refractivity contribution in [1.82, 2.24) is 25.0 Å². The molecule has 7 nitrogen and oxygen atoms in total. The summed E-state index contributed by atoms with van der Waals surface area (Å²) >= 11 is 0. The maximum atomic E-state index is 13.0. The molecule has 3 atom stereocenters. The topological polar surface area (TPSA) is 83.3 Å². The average Bonchev–Trinajstić information content (AvgIpc) is 3.57. The third kappa shape index (κ3) is 4.99. The highest BCUT2D eigenvalue weighted by Gasteiger charge is 2.30. The fraction of sp³-hybridized carbons (Fsp3) is 0.423. The zero-order valence-electron chi connectivity index (χ0n) is 18.8. The van der Waals surface area contributed by atoms with Gasteiger partial charge in [0.25, 0.3) is 5.91 Å². The molecule has 7 heteroatoms. The van der Waals surface area contributed by atoms with Gasteiger partial charge in [-0.1, -0.05) is 18.2 Å². The molecule has 172 valence electrons. The van der Waals surface area contributed by atoms with E-state index in [9.17, 15) is 9.90 Å². The number of aromatic nitrogens is 3. The number of piperidine rings is 1. The zero-order valence-corrected chi connectivity index (χ0v) is 18.8. The first-order chi connectivity index (χ1) is 16.2. The molecule has 0 spiro atoms. The molecule has 0 unspecified atom stereocenters. The van der Waals surface area contributed by atoms with Gasteiger partial charge >= 0.3 is 0 Å². The number of carbonyl (C=O) groups is 1. The number of amides is 1. The molecule has 0 bridgehead atoms. The smallest absolute Gasteiger partial charge is 0.253 e. The largest absolute Gasteiger partial charge is 0.387 e. The minimum Gasteiger partial charge on any atom is -0.387 e. The molecular formula is C26H31N5O2. The molecule has 0 saturated carbocycles. The summed E-state index contributed by atoms with van der Waals surface area (Å²) in [7, 11) is 0. The van der Waals surface area contributed by atoms with Crippen molar-refractivity contribution in [2.75, 3.05) is 13.1 Å². The number of benzene rings is 1. The number of carbonyl (C=O) groups excluding carboxylic acids is 1. The van der Waals surface area contributed by atoms with Gasteiger partial charge in [0.05, 0.1) is 12.1 Å². The van der Waals surface area contributed by atoms with E-state index in [-0.39, 0.29) is 11.9 Å². The predicted molar refractivity (Wildman–Crippen MR) is 126 cm³/mol. The van der Waals surface area contributed by atoms with Crippen LogP contribution in [0, 0.1) is 0 Å². The maximum absolute atomic E-state index is 13.0. The van der Waals surface area contributed by atoms with Crippen molar-refractivity contribution >= 4 is 5.91 Å². The SMILES string of the molecule is O=C(c1ccc(C[C@@H]2CC[C@H]([C@H](O)c3cccnc3)N2)cc1)N1CCC(n2cccn2)CC1. The lowest BCUT2D eigenvalue weighted by Gasteiger charge is -2.32. The highest BCUT2D eigenvalue weighted by Crippen LogP contribution is 2.27. The highest BCUT2D eigenvalue weighted by atomic mass is 16.3. The fourth-order valence-electron chi connectivity index (χ4n) is 5.12. The van der Waals surface area contributed by atoms with E-state index in [2.05, 4.69) is 27.5 Å². The van der Waals surface area contributed by atoms with Crippen molar-refractivity contribution in [3.63, 3.8) is 0 Å². The Balaban J connectivity index is 1.12. The van der Waals surface area contributed by atoms with Crippen LogP contribution in [-0.2, 0) is 6.42 Å². The van der Waals surface area contributed by atoms with Crippen LogP contribution in [0.2, 0.25) is 0 Å². The van der Waals surface area contributed by atoms with E-state index in [4.69, 9.17) is 0 Å². The Morgan fingerprint density at radius 1 is 1.06 bits per heavy atom. The second kappa shape index (κ2) is 9.85. The molecule has 33 heavy (non-hydrogen) atoms. The van der Waals surface area contributed by atoms with E-state index in [1.54, 1.807) is 12.4 Å². The molecule has 4 heterocycles. The molecule has 2 aliphatic rings. The molecule has 0 aliphatic carbocycles. The van der Waals surface area contributed by atoms with Crippen LogP contribution in [0.5, 0.6) is 0 Å². The van der Waals surface area contributed by atoms with E-state index in [1.165, 1.54) is 5.56 Å². The monoisotopic (exact) mass is 445 g/mol. The summed E-state index contributed by atoms with van der Waals surface area (Å²) in [6.07, 6.45) is 11.4. The van der Waals surface area contributed by atoms with E-state index in [0.29, 0.717) is 12.1 Å². The summed E-state index contributed by atoms with van der Waals surface area (Å²) in [6, 6.07) is 14.5. The van der Waals surface area contributed by atoms with E-state index < -0.39 is 6.10 Å². The minimum absolute atomic E-state index is 0.0460. The molecule has 2 saturated heterocycles. The van der Waals surface area contributed by atoms with Crippen LogP contribution in [0.4, 0.5) is 0 Å². The maximum Gasteiger partial charge on any atom is 0.253 e. The van der Waals surface area contributed by atoms with Crippen molar-refractivity contribution in [2.24, 2.45) is 0 Å². The number of likely N-dealkylation sites (tertiary alicyclic amines) is 1. The Labute approximate surface area is 194 Å². The number of hydrogen-bond acceptors (Lipinski definition) is 5. The van der Waals surface area contributed by atoms with Gasteiger partial charge in [-0.15, -0.1) is 0 Å². The van der Waals surface area contributed by atoms with Crippen LogP contribution >= 0.6 is 0 Å². The highest BCUT2D eigenvalue weighted by molar-refractivity contribution is 5.94. The molecule has 2 aliphatic heterocycles. The first-order valence-corrected chi connectivity index (χ1v) is 11.9. The number of pyridine rings is 1. The first-order valence-electron chi connectivity index (χ1n) is 11.9. The Bertz CT molecular complexity index is 1030. The molecule has 1 amide bonds. The van der Waals surface area contributed by atoms with Crippen LogP contribution in [0.25, 0.3) is 0 Å². The number of nitrogens with one attached hydrogen (secondary N) is 1. The summed E-state index contributed by atoms with van der Waals surface area (Å²) in [5.41, 5.74) is 2.81. The predicted octanol–water partition coefficient (Wildman–Crippen LogP) is 3.15. The molecule has 3 aromatic rings. The summed E-state index contributed by atoms with van der Waals surface area (Å²) in [5.74, 6) is 0.110. The summed E-state index contributed by atoms with van der Waals surface area (Å²) in [6.45, 7) is 1.52. The van der Waals surface area contributed by atoms with Crippen LogP contribution in [0.15, 0.2) is 67.3 Å². The molecule has 2 N–H and O–H groups in total. The Morgan fingerprint density at radius 2 is 1.88 bits per heavy atom. The van der Waals surface area contributed by atoms with Crippen molar-refractivity contribution < 1.29 is 9.90 Å². The van der Waals surface area contributed by atoms with Gasteiger partial charge in [-0.3, -0.25) is 14.5 Å². The average molecular weight is 446 g/mol. The normalized spacial score (nSPS) is 22.4. The molecule has 0 radical (unpaired) electrons. The van der Waals surface area contributed by atoms with Crippen molar-refractivity contribution in [3.8, 4) is 0 Å². The lowest BCUT2D eigenvalue weighted by atomic mass is 10.0. The third-order valence-corrected chi connectivity index (χ3v) is 7.02. The summed E-state index contributed by atoms with van der Waals surface area (Å²) in [4.78, 5) is 19.0. The number of nitrogens with zero attached hydrogens (tertiary/aromatic N) is 4. The number of aliphatic hydroxyl groups excluding tert-OH is 1. The van der Waals surface area contributed by atoms with Gasteiger partial charge in [0, 0.05) is 61.1 Å². The quantitative estimate of drug-likeness (QED) is 0.609. The van der Waals surface area contributed by atoms with Gasteiger partial charge in [0.2, 0.25) is 0 Å². The standard InChI is InChI=1S/C26H31N5O2/c32-25(21-3-1-12-27-18-21)24-9-8-22(29-24)17-19-4-6-20(7-5-19)26(33)30-15-10-23(11-16-30)31-14-2-13-28-31/h1-7,12-14,18,22-25,29,32H,8-11,15-17H2/t22-,24+,25+/m0/s1. The van der Waals surface area contributed by atoms with Gasteiger partial charge in [0.15, 0.2) is 0 Å². The summed E-state index contributed by atoms with van der Waals surface area (Å²) in [5, 5.41) is 18.6. The Morgan fingerprint density at radius 3 is 2.58 bits per heavy atom. The van der Waals surface area contributed by atoms with Crippen LogP contribution in [-0.4, -0.2) is 55.9 Å². The van der Waals surface area contributed by atoms with Gasteiger partial charge in [0.1, 0.15) is 0 Å². The van der Waals surface area contributed by atoms with Gasteiger partial charge in [-0.2, -0.15) is 5.10 Å². The van der Waals surface area contributed by atoms with Crippen molar-refractivity contribution in [2.45, 2.75) is 56.3 Å². The number of aliphatic hydroxyl groups is 1. The molecular weight excluding hydrogens is 414 g/mol. The lowest BCUT2D eigenvalue weighted by Crippen LogP contribution is -2.39. The zero-order chi connectivity index (χ0) is 22.6. The molecule has 2 aromatic heterocycles. The second-order valence-electron chi connectivity index (χ2n) is 9.19. The van der Waals surface area contributed by atoms with Crippen molar-refractivity contribution in [3.05, 3.63) is 83.9 Å². The van der Waals surface area contributed by atoms with Gasteiger partial charge in [-0.05, 0) is 61.9 Å². The molecule has 1 aromatic carbocycles. The van der Waals surface area contributed by atoms with E-state index in [1.807, 2.05) is 52.3 Å². The van der Waals surface area contributed by atoms with Gasteiger partial charge < -0.3 is 15.3 Å². The van der Waals surface area contributed by atoms with Gasteiger partial charge in [-0.25, -0.2) is 0 Å². The first kappa shape index (κ1) is 21.8. The van der Waals surface area contributed by atoms with E-state index >= 15 is 0 Å². The molecule has 2 fully saturated rings. The third-order valence-electron chi connectivity index (χ3n) is 7.02. The second-order valence-corrected chi connectivity index (χ2v) is 9.19. The Hall–Kier alpha value is -3.03. The fourth-order valence-corrected chi connectivity index (χ4v) is 5.12. The number of hydrogen-bond donors (Lipinski definition) is 2.